The quantitative estimate of drug-likeness (QED) is 0.421. The van der Waals surface area contributed by atoms with E-state index in [0.29, 0.717) is 0 Å². The molecular formula is C7H12BrN3O4. The Morgan fingerprint density at radius 3 is 2.33 bits per heavy atom. The van der Waals surface area contributed by atoms with Gasteiger partial charge in [0.25, 0.3) is 0 Å². The monoisotopic (exact) mass is 281 g/mol. The number of carboxylic acid groups (broad SMARTS) is 1. The number of nitrogens with one attached hydrogen (secondary N) is 2. The van der Waals surface area contributed by atoms with Gasteiger partial charge >= 0.3 is 5.97 Å². The van der Waals surface area contributed by atoms with E-state index in [1.807, 2.05) is 0 Å². The molecule has 0 aliphatic heterocycles. The Bertz CT molecular complexity index is 259. The molecule has 0 aliphatic carbocycles. The number of alkyl halides is 1. The molecule has 0 aromatic carbocycles. The molecule has 0 heterocycles. The minimum absolute atomic E-state index is 0.106. The van der Waals surface area contributed by atoms with Gasteiger partial charge in [-0.2, -0.15) is 0 Å². The molecule has 0 saturated heterocycles. The number of hydrogen-bond acceptors (Lipinski definition) is 4. The van der Waals surface area contributed by atoms with Crippen molar-refractivity contribution < 1.29 is 19.5 Å². The molecule has 0 aliphatic rings. The lowest BCUT2D eigenvalue weighted by Gasteiger charge is -2.08. The summed E-state index contributed by atoms with van der Waals surface area (Å²) >= 11 is 2.90. The summed E-state index contributed by atoms with van der Waals surface area (Å²) in [5.74, 6) is -2.01. The van der Waals surface area contributed by atoms with Crippen LogP contribution in [-0.4, -0.2) is 47.4 Å². The van der Waals surface area contributed by atoms with Crippen molar-refractivity contribution in [3.63, 3.8) is 0 Å². The minimum atomic E-state index is -1.19. The Balaban J connectivity index is 3.66. The summed E-state index contributed by atoms with van der Waals surface area (Å²) in [5, 5.41) is 13.1. The molecule has 0 spiro atoms. The molecule has 1 atom stereocenters. The van der Waals surface area contributed by atoms with Crippen molar-refractivity contribution in [2.24, 2.45) is 5.73 Å². The highest BCUT2D eigenvalue weighted by atomic mass is 79.9. The maximum Gasteiger partial charge on any atom is 0.322 e. The maximum atomic E-state index is 11.0. The van der Waals surface area contributed by atoms with Crippen LogP contribution in [-0.2, 0) is 14.4 Å². The number of amides is 2. The highest BCUT2D eigenvalue weighted by Crippen LogP contribution is 1.78. The van der Waals surface area contributed by atoms with Crippen molar-refractivity contribution in [1.82, 2.24) is 10.6 Å². The van der Waals surface area contributed by atoms with Crippen LogP contribution >= 0.6 is 15.9 Å². The first-order chi connectivity index (χ1) is 6.97. The lowest BCUT2D eigenvalue weighted by molar-refractivity contribution is -0.138. The Kier molecular flexibility index (Phi) is 6.63. The van der Waals surface area contributed by atoms with E-state index in [0.717, 1.165) is 0 Å². The van der Waals surface area contributed by atoms with Gasteiger partial charge in [-0.15, -0.1) is 0 Å². The largest absolute Gasteiger partial charge is 0.480 e. The molecule has 5 N–H and O–H groups in total. The lowest BCUT2D eigenvalue weighted by Crippen LogP contribution is -2.45. The second-order valence-electron chi connectivity index (χ2n) is 2.66. The Morgan fingerprint density at radius 2 is 1.87 bits per heavy atom. The Hall–Kier alpha value is -1.15. The first kappa shape index (κ1) is 13.8. The fourth-order valence-corrected chi connectivity index (χ4v) is 0.798. The van der Waals surface area contributed by atoms with E-state index >= 15 is 0 Å². The summed E-state index contributed by atoms with van der Waals surface area (Å²) < 4.78 is 0. The van der Waals surface area contributed by atoms with Gasteiger partial charge in [0, 0.05) is 6.54 Å². The molecule has 0 bridgehead atoms. The van der Waals surface area contributed by atoms with Crippen molar-refractivity contribution in [3.8, 4) is 0 Å². The third kappa shape index (κ3) is 6.86. The number of halogens is 1. The van der Waals surface area contributed by atoms with E-state index in [2.05, 4.69) is 26.6 Å². The van der Waals surface area contributed by atoms with Crippen molar-refractivity contribution in [2.45, 2.75) is 6.04 Å². The third-order valence-electron chi connectivity index (χ3n) is 1.40. The molecule has 0 aromatic rings. The Labute approximate surface area is 94.5 Å². The number of rotatable bonds is 6. The van der Waals surface area contributed by atoms with Gasteiger partial charge in [0.05, 0.1) is 11.9 Å². The van der Waals surface area contributed by atoms with Crippen molar-refractivity contribution >= 4 is 33.7 Å². The smallest absolute Gasteiger partial charge is 0.322 e. The molecule has 0 unspecified atom stereocenters. The summed E-state index contributed by atoms with van der Waals surface area (Å²) in [4.78, 5) is 32.0. The van der Waals surface area contributed by atoms with Crippen molar-refractivity contribution in [3.05, 3.63) is 0 Å². The molecule has 0 saturated carbocycles. The second-order valence-corrected chi connectivity index (χ2v) is 3.22. The van der Waals surface area contributed by atoms with Gasteiger partial charge in [-0.05, 0) is 0 Å². The molecule has 86 valence electrons. The zero-order valence-corrected chi connectivity index (χ0v) is 9.41. The maximum absolute atomic E-state index is 11.0. The topological polar surface area (TPSA) is 122 Å². The molecular weight excluding hydrogens is 270 g/mol. The first-order valence-electron chi connectivity index (χ1n) is 4.05. The van der Waals surface area contributed by atoms with E-state index in [-0.39, 0.29) is 24.3 Å². The zero-order valence-electron chi connectivity index (χ0n) is 7.83. The van der Waals surface area contributed by atoms with Gasteiger partial charge in [-0.1, -0.05) is 15.9 Å². The summed E-state index contributed by atoms with van der Waals surface area (Å²) in [7, 11) is 0. The van der Waals surface area contributed by atoms with Crippen molar-refractivity contribution in [2.75, 3.05) is 18.4 Å². The molecule has 8 heteroatoms. The molecule has 0 radical (unpaired) electrons. The number of carbonyl (C=O) groups is 3. The number of carboxylic acids is 1. The number of nitrogens with two attached hydrogens (primary N) is 1. The second kappa shape index (κ2) is 7.18. The molecule has 0 fully saturated rings. The van der Waals surface area contributed by atoms with Gasteiger partial charge in [-0.3, -0.25) is 14.4 Å². The highest BCUT2D eigenvalue weighted by molar-refractivity contribution is 9.09. The highest BCUT2D eigenvalue weighted by Gasteiger charge is 2.12. The van der Waals surface area contributed by atoms with Crippen LogP contribution in [0.15, 0.2) is 0 Å². The number of aliphatic carboxylic acids is 1. The molecule has 0 rings (SSSR count). The van der Waals surface area contributed by atoms with E-state index in [1.54, 1.807) is 0 Å². The van der Waals surface area contributed by atoms with Crippen LogP contribution in [0.25, 0.3) is 0 Å². The minimum Gasteiger partial charge on any atom is -0.480 e. The normalized spacial score (nSPS) is 11.6. The van der Waals surface area contributed by atoms with Gasteiger partial charge < -0.3 is 21.5 Å². The number of carbonyl (C=O) groups excluding carboxylic acids is 2. The van der Waals surface area contributed by atoms with E-state index < -0.39 is 17.9 Å². The number of hydrogen-bond donors (Lipinski definition) is 4. The van der Waals surface area contributed by atoms with Crippen molar-refractivity contribution in [1.29, 1.82) is 0 Å². The van der Waals surface area contributed by atoms with Crippen LogP contribution in [0.5, 0.6) is 0 Å². The van der Waals surface area contributed by atoms with Gasteiger partial charge in [0.1, 0.15) is 6.04 Å². The molecule has 15 heavy (non-hydrogen) atoms. The average Bonchev–Trinajstić information content (AvgIpc) is 2.21. The van der Waals surface area contributed by atoms with Crippen LogP contribution in [0.4, 0.5) is 0 Å². The fourth-order valence-electron chi connectivity index (χ4n) is 0.600. The molecule has 7 nitrogen and oxygen atoms in total. The predicted molar refractivity (Wildman–Crippen MR) is 55.4 cm³/mol. The van der Waals surface area contributed by atoms with Crippen LogP contribution in [0.1, 0.15) is 0 Å². The zero-order chi connectivity index (χ0) is 11.8. The van der Waals surface area contributed by atoms with E-state index in [4.69, 9.17) is 10.8 Å². The third-order valence-corrected chi connectivity index (χ3v) is 1.91. The summed E-state index contributed by atoms with van der Waals surface area (Å²) in [5.41, 5.74) is 5.14. The van der Waals surface area contributed by atoms with Gasteiger partial charge in [-0.25, -0.2) is 0 Å². The molecule has 0 aromatic heterocycles. The lowest BCUT2D eigenvalue weighted by atomic mass is 10.3. The van der Waals surface area contributed by atoms with Gasteiger partial charge in [0.15, 0.2) is 0 Å². The fraction of sp³-hybridized carbons (Fsp3) is 0.571. The average molecular weight is 282 g/mol. The summed E-state index contributed by atoms with van der Waals surface area (Å²) in [6.45, 7) is -0.366. The van der Waals surface area contributed by atoms with Crippen LogP contribution < -0.4 is 16.4 Å². The summed E-state index contributed by atoms with van der Waals surface area (Å²) in [6.07, 6.45) is 0. The van der Waals surface area contributed by atoms with Crippen LogP contribution in [0.2, 0.25) is 0 Å². The molecule has 2 amide bonds. The summed E-state index contributed by atoms with van der Waals surface area (Å²) in [6, 6.07) is -1.14. The van der Waals surface area contributed by atoms with Crippen LogP contribution in [0, 0.1) is 0 Å². The van der Waals surface area contributed by atoms with Crippen LogP contribution in [0.3, 0.4) is 0 Å². The van der Waals surface area contributed by atoms with Gasteiger partial charge in [0.2, 0.25) is 11.8 Å². The Morgan fingerprint density at radius 1 is 1.27 bits per heavy atom. The van der Waals surface area contributed by atoms with E-state index in [1.165, 1.54) is 0 Å². The van der Waals surface area contributed by atoms with E-state index in [9.17, 15) is 14.4 Å². The standard InChI is InChI=1S/C7H12BrN3O4/c8-1-5(12)11-3-6(13)10-2-4(9)7(14)15/h4H,1-3,9H2,(H,10,13)(H,11,12)(H,14,15)/t4-/m1/s1. The SMILES string of the molecule is N[C@H](CNC(=O)CNC(=O)CBr)C(=O)O. The first-order valence-corrected chi connectivity index (χ1v) is 5.17. The predicted octanol–water partition coefficient (Wildman–Crippen LogP) is -1.97.